The lowest BCUT2D eigenvalue weighted by Crippen LogP contribution is -2.32. The van der Waals surface area contributed by atoms with Crippen LogP contribution >= 0.6 is 11.6 Å². The summed E-state index contributed by atoms with van der Waals surface area (Å²) in [5.41, 5.74) is 1.66. The molecule has 2 aromatic rings. The summed E-state index contributed by atoms with van der Waals surface area (Å²) in [6.45, 7) is 3.97. The van der Waals surface area contributed by atoms with Gasteiger partial charge in [0, 0.05) is 5.02 Å². The van der Waals surface area contributed by atoms with Crippen molar-refractivity contribution >= 4 is 23.5 Å². The van der Waals surface area contributed by atoms with E-state index in [-0.39, 0.29) is 12.6 Å². The Labute approximate surface area is 173 Å². The van der Waals surface area contributed by atoms with Crippen LogP contribution < -0.4 is 19.5 Å². The molecule has 0 aliphatic carbocycles. The highest BCUT2D eigenvalue weighted by atomic mass is 35.5. The van der Waals surface area contributed by atoms with E-state index >= 15 is 0 Å². The second-order valence-electron chi connectivity index (χ2n) is 6.55. The van der Waals surface area contributed by atoms with Gasteiger partial charge in [0.25, 0.3) is 5.91 Å². The lowest BCUT2D eigenvalue weighted by Gasteiger charge is -2.21. The Morgan fingerprint density at radius 1 is 1.10 bits per heavy atom. The number of halogens is 1. The third kappa shape index (κ3) is 5.77. The maximum Gasteiger partial charge on any atom is 0.344 e. The van der Waals surface area contributed by atoms with Crippen molar-refractivity contribution in [1.82, 2.24) is 5.32 Å². The number of hydrogen-bond acceptors (Lipinski definition) is 6. The lowest BCUT2D eigenvalue weighted by molar-refractivity contribution is -0.150. The molecule has 29 heavy (non-hydrogen) atoms. The Kier molecular flexibility index (Phi) is 6.82. The maximum absolute atomic E-state index is 12.1. The van der Waals surface area contributed by atoms with E-state index in [4.69, 9.17) is 30.5 Å². The number of benzene rings is 2. The van der Waals surface area contributed by atoms with E-state index in [2.05, 4.69) is 5.32 Å². The number of aryl methyl sites for hydroxylation is 1. The van der Waals surface area contributed by atoms with Crippen molar-refractivity contribution in [1.29, 1.82) is 0 Å². The van der Waals surface area contributed by atoms with E-state index in [0.717, 1.165) is 11.1 Å². The number of rotatable bonds is 7. The zero-order chi connectivity index (χ0) is 20.8. The van der Waals surface area contributed by atoms with E-state index < -0.39 is 18.5 Å². The Balaban J connectivity index is 1.43. The molecule has 3 rings (SSSR count). The Hall–Kier alpha value is -2.93. The molecule has 154 valence electrons. The van der Waals surface area contributed by atoms with E-state index in [0.29, 0.717) is 35.5 Å². The van der Waals surface area contributed by atoms with Gasteiger partial charge in [-0.2, -0.15) is 0 Å². The minimum absolute atomic E-state index is 0.287. The largest absolute Gasteiger partial charge is 0.486 e. The monoisotopic (exact) mass is 419 g/mol. The maximum atomic E-state index is 12.1. The topological polar surface area (TPSA) is 83.1 Å². The van der Waals surface area contributed by atoms with E-state index in [9.17, 15) is 9.59 Å². The summed E-state index contributed by atoms with van der Waals surface area (Å²) >= 11 is 5.88. The van der Waals surface area contributed by atoms with Gasteiger partial charge >= 0.3 is 5.97 Å². The zero-order valence-corrected chi connectivity index (χ0v) is 17.0. The van der Waals surface area contributed by atoms with Crippen LogP contribution in [0.15, 0.2) is 36.4 Å². The van der Waals surface area contributed by atoms with Crippen LogP contribution in [0.4, 0.5) is 0 Å². The molecule has 1 atom stereocenters. The number of hydrogen-bond donors (Lipinski definition) is 1. The first-order valence-corrected chi connectivity index (χ1v) is 9.53. The highest BCUT2D eigenvalue weighted by Gasteiger charge is 2.17. The third-order valence-electron chi connectivity index (χ3n) is 4.29. The van der Waals surface area contributed by atoms with Crippen molar-refractivity contribution in [2.75, 3.05) is 26.4 Å². The molecule has 0 bridgehead atoms. The van der Waals surface area contributed by atoms with Gasteiger partial charge in [0.15, 0.2) is 24.7 Å². The molecule has 0 saturated heterocycles. The summed E-state index contributed by atoms with van der Waals surface area (Å²) in [4.78, 5) is 23.9. The number of carbonyl (C=O) groups excluding carboxylic acids is 2. The van der Waals surface area contributed by atoms with Gasteiger partial charge in [0.1, 0.15) is 19.0 Å². The molecule has 1 N–H and O–H groups in total. The normalized spacial score (nSPS) is 13.3. The fourth-order valence-corrected chi connectivity index (χ4v) is 3.02. The van der Waals surface area contributed by atoms with Crippen molar-refractivity contribution < 1.29 is 28.5 Å². The summed E-state index contributed by atoms with van der Waals surface area (Å²) in [5.74, 6) is 0.812. The molecule has 1 aliphatic heterocycles. The van der Waals surface area contributed by atoms with Crippen molar-refractivity contribution in [3.05, 3.63) is 52.5 Å². The summed E-state index contributed by atoms with van der Waals surface area (Å²) in [6, 6.07) is 10.3. The summed E-state index contributed by atoms with van der Waals surface area (Å²) in [5, 5.41) is 3.36. The van der Waals surface area contributed by atoms with Gasteiger partial charge in [-0.25, -0.2) is 4.79 Å². The van der Waals surface area contributed by atoms with Crippen LogP contribution in [0.1, 0.15) is 24.1 Å². The van der Waals surface area contributed by atoms with E-state index in [1.54, 1.807) is 18.2 Å². The fraction of sp³-hybridized carbons (Fsp3) is 0.333. The minimum Gasteiger partial charge on any atom is -0.486 e. The van der Waals surface area contributed by atoms with Gasteiger partial charge in [-0.3, -0.25) is 4.79 Å². The number of carbonyl (C=O) groups is 2. The Bertz CT molecular complexity index is 901. The number of esters is 1. The van der Waals surface area contributed by atoms with E-state index in [1.165, 1.54) is 0 Å². The summed E-state index contributed by atoms with van der Waals surface area (Å²) < 4.78 is 21.4. The highest BCUT2D eigenvalue weighted by molar-refractivity contribution is 6.30. The number of nitrogens with one attached hydrogen (secondary N) is 1. The van der Waals surface area contributed by atoms with Crippen LogP contribution in [0.2, 0.25) is 5.02 Å². The van der Waals surface area contributed by atoms with Crippen molar-refractivity contribution in [2.24, 2.45) is 0 Å². The second kappa shape index (κ2) is 9.52. The molecule has 2 aromatic carbocycles. The van der Waals surface area contributed by atoms with Gasteiger partial charge in [0.05, 0.1) is 6.04 Å². The van der Waals surface area contributed by atoms with Crippen LogP contribution in [-0.4, -0.2) is 38.3 Å². The molecule has 0 spiro atoms. The molecule has 0 saturated carbocycles. The molecular formula is C21H22ClNO6. The average molecular weight is 420 g/mol. The van der Waals surface area contributed by atoms with Crippen LogP contribution in [-0.2, 0) is 14.3 Å². The first-order chi connectivity index (χ1) is 13.9. The fourth-order valence-electron chi connectivity index (χ4n) is 2.79. The first-order valence-electron chi connectivity index (χ1n) is 9.16. The van der Waals surface area contributed by atoms with Crippen LogP contribution in [0, 0.1) is 6.92 Å². The molecule has 0 radical (unpaired) electrons. The number of ether oxygens (including phenoxy) is 4. The molecule has 8 heteroatoms. The molecule has 0 aromatic heterocycles. The van der Waals surface area contributed by atoms with Crippen LogP contribution in [0.5, 0.6) is 17.2 Å². The van der Waals surface area contributed by atoms with Gasteiger partial charge in [-0.05, 0) is 55.3 Å². The van der Waals surface area contributed by atoms with Gasteiger partial charge in [0.2, 0.25) is 0 Å². The predicted molar refractivity (Wildman–Crippen MR) is 107 cm³/mol. The molecule has 1 amide bonds. The van der Waals surface area contributed by atoms with Gasteiger partial charge in [-0.15, -0.1) is 0 Å². The lowest BCUT2D eigenvalue weighted by atomic mass is 10.1. The van der Waals surface area contributed by atoms with Crippen molar-refractivity contribution in [3.63, 3.8) is 0 Å². The Morgan fingerprint density at radius 2 is 1.86 bits per heavy atom. The third-order valence-corrected chi connectivity index (χ3v) is 4.53. The van der Waals surface area contributed by atoms with Gasteiger partial charge in [-0.1, -0.05) is 17.7 Å². The average Bonchev–Trinajstić information content (AvgIpc) is 2.71. The second-order valence-corrected chi connectivity index (χ2v) is 6.99. The summed E-state index contributed by atoms with van der Waals surface area (Å²) in [6.07, 6.45) is 0. The van der Waals surface area contributed by atoms with Crippen molar-refractivity contribution in [2.45, 2.75) is 19.9 Å². The first kappa shape index (κ1) is 20.8. The van der Waals surface area contributed by atoms with Crippen LogP contribution in [0.3, 0.4) is 0 Å². The van der Waals surface area contributed by atoms with Crippen molar-refractivity contribution in [3.8, 4) is 17.2 Å². The molecule has 1 aliphatic rings. The Morgan fingerprint density at radius 3 is 2.62 bits per heavy atom. The smallest absolute Gasteiger partial charge is 0.344 e. The molecule has 1 unspecified atom stereocenters. The predicted octanol–water partition coefficient (Wildman–Crippen LogP) is 3.22. The quantitative estimate of drug-likeness (QED) is 0.694. The number of amides is 1. The highest BCUT2D eigenvalue weighted by Crippen LogP contribution is 2.32. The molecule has 0 fully saturated rings. The van der Waals surface area contributed by atoms with Gasteiger partial charge < -0.3 is 24.3 Å². The SMILES string of the molecule is Cc1cc(Cl)ccc1OCC(=O)OCC(=O)NC(C)c1ccc2c(c1)OCCO2. The number of fused-ring (bicyclic) bond motifs is 1. The zero-order valence-electron chi connectivity index (χ0n) is 16.2. The summed E-state index contributed by atoms with van der Waals surface area (Å²) in [7, 11) is 0. The van der Waals surface area contributed by atoms with E-state index in [1.807, 2.05) is 32.0 Å². The molecule has 7 nitrogen and oxygen atoms in total. The van der Waals surface area contributed by atoms with Crippen LogP contribution in [0.25, 0.3) is 0 Å². The molecule has 1 heterocycles. The standard InChI is InChI=1S/C21H22ClNO6/c1-13-9-16(22)4-6-17(13)28-12-21(25)29-11-20(24)23-14(2)15-3-5-18-19(10-15)27-8-7-26-18/h3-6,9-10,14H,7-8,11-12H2,1-2H3,(H,23,24). The minimum atomic E-state index is -0.638. The molecular weight excluding hydrogens is 398 g/mol.